The third-order valence-corrected chi connectivity index (χ3v) is 4.01. The van der Waals surface area contributed by atoms with Crippen LogP contribution in [-0.2, 0) is 13.5 Å². The molecule has 0 saturated heterocycles. The Balaban J connectivity index is 0.00000161. The molecule has 0 aliphatic carbocycles. The number of nitrogens with zero attached hydrogens (tertiary/aromatic N) is 3. The Morgan fingerprint density at radius 2 is 2.14 bits per heavy atom. The number of likely N-dealkylation sites (N-methyl/N-ethyl adjacent to an activating group) is 1. The number of aromatic nitrogens is 1. The van der Waals surface area contributed by atoms with E-state index in [-0.39, 0.29) is 24.0 Å². The van der Waals surface area contributed by atoms with Gasteiger partial charge in [0.25, 0.3) is 0 Å². The van der Waals surface area contributed by atoms with E-state index in [4.69, 9.17) is 11.6 Å². The molecule has 0 radical (unpaired) electrons. The van der Waals surface area contributed by atoms with Gasteiger partial charge in [0.15, 0.2) is 5.96 Å². The summed E-state index contributed by atoms with van der Waals surface area (Å²) in [7, 11) is 4.13. The van der Waals surface area contributed by atoms with Gasteiger partial charge in [-0.05, 0) is 24.1 Å². The lowest BCUT2D eigenvalue weighted by atomic mass is 10.1. The second-order valence-electron chi connectivity index (χ2n) is 5.23. The van der Waals surface area contributed by atoms with Crippen molar-refractivity contribution >= 4 is 52.4 Å². The highest BCUT2D eigenvalue weighted by Gasteiger charge is 2.12. The van der Waals surface area contributed by atoms with Crippen molar-refractivity contribution in [2.45, 2.75) is 6.42 Å². The van der Waals surface area contributed by atoms with Crippen LogP contribution in [-0.4, -0.2) is 42.1 Å². The third-order valence-electron chi connectivity index (χ3n) is 3.77. The average Bonchev–Trinajstić information content (AvgIpc) is 2.95. The molecular formula is C15H20ClIN4. The van der Waals surface area contributed by atoms with Gasteiger partial charge in [0, 0.05) is 49.3 Å². The summed E-state index contributed by atoms with van der Waals surface area (Å²) in [6.45, 7) is 2.80. The number of benzene rings is 1. The molecule has 0 saturated carbocycles. The first-order valence-electron chi connectivity index (χ1n) is 6.88. The molecule has 1 aliphatic rings. The van der Waals surface area contributed by atoms with Crippen LogP contribution in [0.2, 0.25) is 5.02 Å². The van der Waals surface area contributed by atoms with Crippen LogP contribution in [0, 0.1) is 0 Å². The number of halogens is 2. The number of hydrogen-bond acceptors (Lipinski definition) is 3. The maximum atomic E-state index is 6.06. The van der Waals surface area contributed by atoms with Gasteiger partial charge in [0.1, 0.15) is 0 Å². The first kappa shape index (κ1) is 16.4. The zero-order valence-electron chi connectivity index (χ0n) is 12.3. The topological polar surface area (TPSA) is 32.6 Å². The summed E-state index contributed by atoms with van der Waals surface area (Å²) in [4.78, 5) is 6.59. The third kappa shape index (κ3) is 3.45. The van der Waals surface area contributed by atoms with Crippen molar-refractivity contribution in [1.82, 2.24) is 14.8 Å². The van der Waals surface area contributed by atoms with Crippen LogP contribution in [0.3, 0.4) is 0 Å². The molecule has 4 nitrogen and oxygen atoms in total. The molecule has 1 aromatic heterocycles. The van der Waals surface area contributed by atoms with Crippen molar-refractivity contribution in [2.75, 3.05) is 26.7 Å². The van der Waals surface area contributed by atoms with Gasteiger partial charge >= 0.3 is 0 Å². The molecule has 3 rings (SSSR count). The number of nitrogens with one attached hydrogen (secondary N) is 1. The van der Waals surface area contributed by atoms with Crippen LogP contribution in [0.5, 0.6) is 0 Å². The van der Waals surface area contributed by atoms with E-state index in [1.807, 2.05) is 12.1 Å². The minimum absolute atomic E-state index is 0. The summed E-state index contributed by atoms with van der Waals surface area (Å²) >= 11 is 6.06. The molecule has 1 N–H and O–H groups in total. The Bertz CT molecular complexity index is 665. The fourth-order valence-electron chi connectivity index (χ4n) is 2.67. The molecule has 114 valence electrons. The fraction of sp³-hybridized carbons (Fsp3) is 0.400. The molecule has 0 bridgehead atoms. The molecule has 1 aliphatic heterocycles. The van der Waals surface area contributed by atoms with Crippen molar-refractivity contribution in [3.8, 4) is 0 Å². The van der Waals surface area contributed by atoms with Gasteiger partial charge in [-0.25, -0.2) is 0 Å². The maximum absolute atomic E-state index is 6.06. The average molecular weight is 419 g/mol. The zero-order valence-corrected chi connectivity index (χ0v) is 15.4. The van der Waals surface area contributed by atoms with Gasteiger partial charge in [0.2, 0.25) is 0 Å². The minimum Gasteiger partial charge on any atom is -0.356 e. The van der Waals surface area contributed by atoms with Crippen LogP contribution in [0.15, 0.2) is 29.4 Å². The van der Waals surface area contributed by atoms with Crippen molar-refractivity contribution in [3.63, 3.8) is 0 Å². The lowest BCUT2D eigenvalue weighted by Gasteiger charge is -2.14. The van der Waals surface area contributed by atoms with Crippen LogP contribution in [0.25, 0.3) is 10.9 Å². The van der Waals surface area contributed by atoms with E-state index in [2.05, 4.69) is 46.1 Å². The number of guanidine groups is 1. The Morgan fingerprint density at radius 3 is 2.86 bits per heavy atom. The number of fused-ring (bicyclic) bond motifs is 1. The summed E-state index contributed by atoms with van der Waals surface area (Å²) in [5, 5.41) is 5.47. The fourth-order valence-corrected chi connectivity index (χ4v) is 2.84. The summed E-state index contributed by atoms with van der Waals surface area (Å²) in [5.41, 5.74) is 2.52. The van der Waals surface area contributed by atoms with E-state index < -0.39 is 0 Å². The van der Waals surface area contributed by atoms with Crippen LogP contribution >= 0.6 is 35.6 Å². The van der Waals surface area contributed by atoms with E-state index in [1.54, 1.807) is 0 Å². The molecule has 21 heavy (non-hydrogen) atoms. The Hall–Kier alpha value is -0.950. The van der Waals surface area contributed by atoms with E-state index in [9.17, 15) is 0 Å². The molecule has 0 unspecified atom stereocenters. The monoisotopic (exact) mass is 418 g/mol. The summed E-state index contributed by atoms with van der Waals surface area (Å²) in [6.07, 6.45) is 3.16. The highest BCUT2D eigenvalue weighted by molar-refractivity contribution is 14.0. The Morgan fingerprint density at radius 1 is 1.33 bits per heavy atom. The van der Waals surface area contributed by atoms with Crippen LogP contribution < -0.4 is 5.32 Å². The molecular weight excluding hydrogens is 399 g/mol. The van der Waals surface area contributed by atoms with Gasteiger partial charge < -0.3 is 14.8 Å². The first-order chi connectivity index (χ1) is 9.65. The number of aliphatic imine (C=N–C) groups is 1. The number of aryl methyl sites for hydroxylation is 1. The lowest BCUT2D eigenvalue weighted by molar-refractivity contribution is 0.534. The standard InChI is InChI=1S/C15H19ClN4.HI/c1-19-8-7-18-15(19)17-6-5-11-10-20(2)14-9-12(16)3-4-13(11)14;/h3-4,9-10H,5-8H2,1-2H3,(H,17,18);1H. The molecule has 0 spiro atoms. The van der Waals surface area contributed by atoms with E-state index in [0.29, 0.717) is 0 Å². The maximum Gasteiger partial charge on any atom is 0.193 e. The highest BCUT2D eigenvalue weighted by atomic mass is 127. The predicted molar refractivity (Wildman–Crippen MR) is 100.0 cm³/mol. The summed E-state index contributed by atoms with van der Waals surface area (Å²) in [6, 6.07) is 6.07. The highest BCUT2D eigenvalue weighted by Crippen LogP contribution is 2.24. The zero-order chi connectivity index (χ0) is 14.1. The second-order valence-corrected chi connectivity index (χ2v) is 5.67. The molecule has 6 heteroatoms. The van der Waals surface area contributed by atoms with Gasteiger partial charge in [-0.2, -0.15) is 0 Å². The molecule has 2 aromatic rings. The lowest BCUT2D eigenvalue weighted by Crippen LogP contribution is -2.36. The Kier molecular flexibility index (Phi) is 5.37. The van der Waals surface area contributed by atoms with Crippen molar-refractivity contribution in [2.24, 2.45) is 12.0 Å². The quantitative estimate of drug-likeness (QED) is 0.778. The smallest absolute Gasteiger partial charge is 0.193 e. The molecule has 0 amide bonds. The van der Waals surface area contributed by atoms with Crippen molar-refractivity contribution in [3.05, 3.63) is 35.0 Å². The van der Waals surface area contributed by atoms with E-state index in [0.717, 1.165) is 37.0 Å². The molecule has 1 aromatic carbocycles. The predicted octanol–water partition coefficient (Wildman–Crippen LogP) is 2.88. The van der Waals surface area contributed by atoms with E-state index >= 15 is 0 Å². The van der Waals surface area contributed by atoms with Crippen LogP contribution in [0.1, 0.15) is 5.56 Å². The molecule has 2 heterocycles. The molecule has 0 atom stereocenters. The van der Waals surface area contributed by atoms with Crippen LogP contribution in [0.4, 0.5) is 0 Å². The van der Waals surface area contributed by atoms with Crippen molar-refractivity contribution in [1.29, 1.82) is 0 Å². The Labute approximate surface area is 147 Å². The van der Waals surface area contributed by atoms with Gasteiger partial charge in [-0.3, -0.25) is 4.99 Å². The SMILES string of the molecule is CN1CCN=C1NCCc1cn(C)c2cc(Cl)ccc12.I. The first-order valence-corrected chi connectivity index (χ1v) is 7.26. The van der Waals surface area contributed by atoms with E-state index in [1.165, 1.54) is 16.5 Å². The molecule has 0 fully saturated rings. The van der Waals surface area contributed by atoms with Crippen molar-refractivity contribution < 1.29 is 0 Å². The summed E-state index contributed by atoms with van der Waals surface area (Å²) in [5.74, 6) is 1.01. The number of hydrogen-bond donors (Lipinski definition) is 1. The summed E-state index contributed by atoms with van der Waals surface area (Å²) < 4.78 is 2.13. The van der Waals surface area contributed by atoms with Gasteiger partial charge in [0.05, 0.1) is 6.54 Å². The normalized spacial score (nSPS) is 14.2. The largest absolute Gasteiger partial charge is 0.356 e. The second kappa shape index (κ2) is 6.87. The van der Waals surface area contributed by atoms with Gasteiger partial charge in [-0.1, -0.05) is 17.7 Å². The minimum atomic E-state index is 0. The van der Waals surface area contributed by atoms with Gasteiger partial charge in [-0.15, -0.1) is 24.0 Å². The number of rotatable bonds is 3.